The minimum atomic E-state index is -0.394. The highest BCUT2D eigenvalue weighted by Gasteiger charge is 2.34. The molecule has 0 bridgehead atoms. The van der Waals surface area contributed by atoms with Crippen LogP contribution in [0.4, 0.5) is 0 Å². The molecular formula is C17H18N4O3. The van der Waals surface area contributed by atoms with Gasteiger partial charge in [-0.15, -0.1) is 0 Å². The van der Waals surface area contributed by atoms with Gasteiger partial charge in [-0.3, -0.25) is 14.9 Å². The van der Waals surface area contributed by atoms with Crippen molar-refractivity contribution in [1.29, 1.82) is 0 Å². The van der Waals surface area contributed by atoms with E-state index in [1.54, 1.807) is 0 Å². The van der Waals surface area contributed by atoms with Crippen molar-refractivity contribution in [2.75, 3.05) is 26.3 Å². The van der Waals surface area contributed by atoms with Gasteiger partial charge in [-0.2, -0.15) is 0 Å². The zero-order chi connectivity index (χ0) is 16.7. The first-order valence-electron chi connectivity index (χ1n) is 7.89. The number of para-hydroxylation sites is 1. The molecule has 7 heteroatoms. The Morgan fingerprint density at radius 1 is 1.12 bits per heavy atom. The standard InChI is InChI=1S/C17H18N4O3/c1-20-10-12(11-4-2-3-5-13(11)20)14-15(17(23)18-16(14)22)19-21-6-8-24-9-7-21/h2-5,10H,6-9H2,1H3,(H2,18,19,22,23). The Morgan fingerprint density at radius 2 is 1.88 bits per heavy atom. The molecule has 4 rings (SSSR count). The predicted octanol–water partition coefficient (Wildman–Crippen LogP) is 0.383. The van der Waals surface area contributed by atoms with Crippen molar-refractivity contribution < 1.29 is 14.3 Å². The van der Waals surface area contributed by atoms with Crippen LogP contribution in [0.3, 0.4) is 0 Å². The topological polar surface area (TPSA) is 75.6 Å². The summed E-state index contributed by atoms with van der Waals surface area (Å²) in [4.78, 5) is 24.7. The van der Waals surface area contributed by atoms with Gasteiger partial charge in [0.1, 0.15) is 5.70 Å². The Labute approximate surface area is 138 Å². The van der Waals surface area contributed by atoms with E-state index in [1.165, 1.54) is 0 Å². The number of hydrazine groups is 1. The van der Waals surface area contributed by atoms with Crippen LogP contribution < -0.4 is 10.7 Å². The Hall–Kier alpha value is -2.64. The number of aromatic nitrogens is 1. The monoisotopic (exact) mass is 326 g/mol. The molecule has 7 nitrogen and oxygen atoms in total. The van der Waals surface area contributed by atoms with Gasteiger partial charge in [-0.05, 0) is 6.07 Å². The normalized spacial score (nSPS) is 19.2. The van der Waals surface area contributed by atoms with E-state index in [-0.39, 0.29) is 5.91 Å². The van der Waals surface area contributed by atoms with E-state index < -0.39 is 5.91 Å². The maximum absolute atomic E-state index is 12.4. The Bertz CT molecular complexity index is 862. The van der Waals surface area contributed by atoms with Crippen molar-refractivity contribution in [2.45, 2.75) is 0 Å². The molecule has 2 aliphatic rings. The fraction of sp³-hybridized carbons (Fsp3) is 0.294. The van der Waals surface area contributed by atoms with Crippen molar-refractivity contribution in [2.24, 2.45) is 7.05 Å². The molecule has 1 aromatic heterocycles. The summed E-state index contributed by atoms with van der Waals surface area (Å²) in [5.41, 5.74) is 5.58. The molecule has 1 fully saturated rings. The van der Waals surface area contributed by atoms with Crippen LogP contribution >= 0.6 is 0 Å². The molecule has 124 valence electrons. The molecule has 2 amide bonds. The lowest BCUT2D eigenvalue weighted by Crippen LogP contribution is -2.46. The molecule has 1 aromatic carbocycles. The number of amides is 2. The zero-order valence-corrected chi connectivity index (χ0v) is 13.3. The van der Waals surface area contributed by atoms with E-state index in [0.29, 0.717) is 37.6 Å². The number of aryl methyl sites for hydroxylation is 1. The molecule has 0 aliphatic carbocycles. The molecule has 0 atom stereocenters. The number of imide groups is 1. The van der Waals surface area contributed by atoms with Crippen molar-refractivity contribution in [3.8, 4) is 0 Å². The second kappa shape index (κ2) is 5.77. The number of nitrogens with zero attached hydrogens (tertiary/aromatic N) is 2. The van der Waals surface area contributed by atoms with E-state index in [9.17, 15) is 9.59 Å². The second-order valence-corrected chi connectivity index (χ2v) is 5.92. The number of nitrogens with one attached hydrogen (secondary N) is 2. The second-order valence-electron chi connectivity index (χ2n) is 5.92. The number of morpholine rings is 1. The van der Waals surface area contributed by atoms with E-state index in [2.05, 4.69) is 10.7 Å². The maximum Gasteiger partial charge on any atom is 0.276 e. The quantitative estimate of drug-likeness (QED) is 0.798. The van der Waals surface area contributed by atoms with Gasteiger partial charge in [0.2, 0.25) is 0 Å². The average molecular weight is 326 g/mol. The van der Waals surface area contributed by atoms with Crippen molar-refractivity contribution in [3.63, 3.8) is 0 Å². The minimum absolute atomic E-state index is 0.304. The Morgan fingerprint density at radius 3 is 2.67 bits per heavy atom. The molecule has 3 heterocycles. The molecule has 24 heavy (non-hydrogen) atoms. The fourth-order valence-electron chi connectivity index (χ4n) is 3.19. The molecule has 1 saturated heterocycles. The van der Waals surface area contributed by atoms with Crippen LogP contribution in [-0.2, 0) is 21.4 Å². The van der Waals surface area contributed by atoms with Gasteiger partial charge in [-0.1, -0.05) is 18.2 Å². The summed E-state index contributed by atoms with van der Waals surface area (Å²) < 4.78 is 7.27. The van der Waals surface area contributed by atoms with Crippen molar-refractivity contribution in [3.05, 3.63) is 41.7 Å². The third-order valence-corrected chi connectivity index (χ3v) is 4.38. The summed E-state index contributed by atoms with van der Waals surface area (Å²) in [6.45, 7) is 2.51. The van der Waals surface area contributed by atoms with Crippen LogP contribution in [0.5, 0.6) is 0 Å². The lowest BCUT2D eigenvalue weighted by molar-refractivity contribution is -0.124. The maximum atomic E-state index is 12.4. The fourth-order valence-corrected chi connectivity index (χ4v) is 3.19. The average Bonchev–Trinajstić information content (AvgIpc) is 3.06. The van der Waals surface area contributed by atoms with Gasteiger partial charge < -0.3 is 14.7 Å². The summed E-state index contributed by atoms with van der Waals surface area (Å²) >= 11 is 0. The van der Waals surface area contributed by atoms with E-state index in [4.69, 9.17) is 4.74 Å². The highest BCUT2D eigenvalue weighted by atomic mass is 16.5. The summed E-state index contributed by atoms with van der Waals surface area (Å²) in [7, 11) is 1.93. The summed E-state index contributed by atoms with van der Waals surface area (Å²) in [6, 6.07) is 7.83. The predicted molar refractivity (Wildman–Crippen MR) is 88.5 cm³/mol. The van der Waals surface area contributed by atoms with Gasteiger partial charge in [-0.25, -0.2) is 5.01 Å². The van der Waals surface area contributed by atoms with Gasteiger partial charge in [0.15, 0.2) is 0 Å². The van der Waals surface area contributed by atoms with Crippen LogP contribution in [0.1, 0.15) is 5.56 Å². The number of benzene rings is 1. The Balaban J connectivity index is 1.81. The lowest BCUT2D eigenvalue weighted by Gasteiger charge is -2.28. The molecule has 2 N–H and O–H groups in total. The lowest BCUT2D eigenvalue weighted by atomic mass is 10.0. The first-order chi connectivity index (χ1) is 11.6. The van der Waals surface area contributed by atoms with E-state index >= 15 is 0 Å². The van der Waals surface area contributed by atoms with Crippen molar-refractivity contribution >= 4 is 28.3 Å². The highest BCUT2D eigenvalue weighted by molar-refractivity contribution is 6.37. The van der Waals surface area contributed by atoms with E-state index in [1.807, 2.05) is 47.1 Å². The van der Waals surface area contributed by atoms with Gasteiger partial charge in [0.25, 0.3) is 11.8 Å². The van der Waals surface area contributed by atoms with Crippen LogP contribution in [0, 0.1) is 0 Å². The van der Waals surface area contributed by atoms with Crippen LogP contribution in [-0.4, -0.2) is 47.7 Å². The number of ether oxygens (including phenoxy) is 1. The molecule has 2 aromatic rings. The Kier molecular flexibility index (Phi) is 3.59. The number of carbonyl (C=O) groups is 2. The number of hydrogen-bond donors (Lipinski definition) is 2. The number of rotatable bonds is 3. The van der Waals surface area contributed by atoms with E-state index in [0.717, 1.165) is 16.5 Å². The summed E-state index contributed by atoms with van der Waals surface area (Å²) in [5, 5.41) is 5.25. The first-order valence-corrected chi connectivity index (χ1v) is 7.89. The SMILES string of the molecule is Cn1cc(C2=C(NN3CCOCC3)C(=O)NC2=O)c2ccccc21. The molecular weight excluding hydrogens is 308 g/mol. The van der Waals surface area contributed by atoms with Gasteiger partial charge in [0.05, 0.1) is 18.8 Å². The van der Waals surface area contributed by atoms with Crippen LogP contribution in [0.25, 0.3) is 16.5 Å². The zero-order valence-electron chi connectivity index (χ0n) is 13.3. The third kappa shape index (κ3) is 2.38. The number of hydrogen-bond acceptors (Lipinski definition) is 5. The third-order valence-electron chi connectivity index (χ3n) is 4.38. The van der Waals surface area contributed by atoms with Crippen molar-refractivity contribution in [1.82, 2.24) is 20.3 Å². The van der Waals surface area contributed by atoms with Crippen LogP contribution in [0.2, 0.25) is 0 Å². The molecule has 0 radical (unpaired) electrons. The number of carbonyl (C=O) groups excluding carboxylic acids is 2. The van der Waals surface area contributed by atoms with Gasteiger partial charge in [0, 0.05) is 42.8 Å². The summed E-state index contributed by atoms with van der Waals surface area (Å²) in [6.07, 6.45) is 1.89. The minimum Gasteiger partial charge on any atom is -0.379 e. The molecule has 2 aliphatic heterocycles. The molecule has 0 saturated carbocycles. The largest absolute Gasteiger partial charge is 0.379 e. The summed E-state index contributed by atoms with van der Waals surface area (Å²) in [5.74, 6) is -0.762. The number of fused-ring (bicyclic) bond motifs is 1. The smallest absolute Gasteiger partial charge is 0.276 e. The molecule has 0 unspecified atom stereocenters. The highest BCUT2D eigenvalue weighted by Crippen LogP contribution is 2.30. The first kappa shape index (κ1) is 14.9. The molecule has 0 spiro atoms. The van der Waals surface area contributed by atoms with Crippen LogP contribution in [0.15, 0.2) is 36.2 Å². The van der Waals surface area contributed by atoms with Gasteiger partial charge >= 0.3 is 0 Å².